The van der Waals surface area contributed by atoms with Crippen LogP contribution in [0.1, 0.15) is 24.3 Å². The zero-order valence-corrected chi connectivity index (χ0v) is 11.1. The third kappa shape index (κ3) is 2.04. The average molecular weight is 331 g/mol. The highest BCUT2D eigenvalue weighted by Crippen LogP contribution is 2.25. The number of pyridine rings is 1. The van der Waals surface area contributed by atoms with Crippen molar-refractivity contribution in [1.82, 2.24) is 4.98 Å². The highest BCUT2D eigenvalue weighted by atomic mass is 127. The van der Waals surface area contributed by atoms with E-state index < -0.39 is 6.10 Å². The molecule has 1 heterocycles. The lowest BCUT2D eigenvalue weighted by Gasteiger charge is -2.09. The first-order chi connectivity index (χ1) is 7.49. The van der Waals surface area contributed by atoms with Crippen molar-refractivity contribution < 1.29 is 9.50 Å². The van der Waals surface area contributed by atoms with Gasteiger partial charge in [0, 0.05) is 8.96 Å². The Hall–Kier alpha value is -0.750. The molecular weight excluding hydrogens is 320 g/mol. The fourth-order valence-electron chi connectivity index (χ4n) is 1.66. The Morgan fingerprint density at radius 3 is 2.69 bits per heavy atom. The number of rotatable bonds is 1. The molecule has 16 heavy (non-hydrogen) atoms. The van der Waals surface area contributed by atoms with Gasteiger partial charge in [-0.25, -0.2) is 9.37 Å². The smallest absolute Gasteiger partial charge is 0.150 e. The van der Waals surface area contributed by atoms with Gasteiger partial charge in [-0.2, -0.15) is 0 Å². The Balaban J connectivity index is 2.82. The number of aliphatic hydroxyl groups is 1. The minimum atomic E-state index is -0.679. The molecule has 0 saturated carbocycles. The van der Waals surface area contributed by atoms with Crippen molar-refractivity contribution >= 4 is 33.5 Å². The van der Waals surface area contributed by atoms with E-state index >= 15 is 0 Å². The van der Waals surface area contributed by atoms with E-state index in [0.29, 0.717) is 11.2 Å². The summed E-state index contributed by atoms with van der Waals surface area (Å²) in [5.41, 5.74) is 1.76. The summed E-state index contributed by atoms with van der Waals surface area (Å²) in [6.45, 7) is 3.52. The van der Waals surface area contributed by atoms with Gasteiger partial charge in [-0.05, 0) is 60.2 Å². The number of hydrogen-bond acceptors (Lipinski definition) is 2. The number of aliphatic hydroxyl groups excluding tert-OH is 1. The molecule has 0 fully saturated rings. The Morgan fingerprint density at radius 2 is 2.06 bits per heavy atom. The van der Waals surface area contributed by atoms with Crippen molar-refractivity contribution in [2.24, 2.45) is 0 Å². The van der Waals surface area contributed by atoms with Gasteiger partial charge in [0.1, 0.15) is 11.3 Å². The zero-order valence-electron chi connectivity index (χ0n) is 8.96. The van der Waals surface area contributed by atoms with Crippen LogP contribution in [-0.2, 0) is 0 Å². The number of hydrogen-bond donors (Lipinski definition) is 1. The van der Waals surface area contributed by atoms with Crippen molar-refractivity contribution in [3.8, 4) is 0 Å². The summed E-state index contributed by atoms with van der Waals surface area (Å²) in [5.74, 6) is -0.340. The molecule has 2 rings (SSSR count). The molecule has 1 atom stereocenters. The van der Waals surface area contributed by atoms with Crippen LogP contribution in [0.5, 0.6) is 0 Å². The van der Waals surface area contributed by atoms with E-state index in [1.165, 1.54) is 6.07 Å². The van der Waals surface area contributed by atoms with Crippen molar-refractivity contribution in [3.05, 3.63) is 38.8 Å². The summed E-state index contributed by atoms with van der Waals surface area (Å²) < 4.78 is 14.6. The molecule has 1 aromatic heterocycles. The lowest BCUT2D eigenvalue weighted by atomic mass is 10.1. The van der Waals surface area contributed by atoms with Crippen LogP contribution >= 0.6 is 22.6 Å². The van der Waals surface area contributed by atoms with Gasteiger partial charge in [-0.3, -0.25) is 0 Å². The van der Waals surface area contributed by atoms with Gasteiger partial charge in [0.2, 0.25) is 0 Å². The normalized spacial score (nSPS) is 13.1. The minimum Gasteiger partial charge on any atom is -0.387 e. The summed E-state index contributed by atoms with van der Waals surface area (Å²) in [5, 5.41) is 10.3. The summed E-state index contributed by atoms with van der Waals surface area (Å²) in [4.78, 5) is 4.15. The van der Waals surface area contributed by atoms with Crippen molar-refractivity contribution in [2.75, 3.05) is 0 Å². The van der Waals surface area contributed by atoms with Crippen molar-refractivity contribution in [3.63, 3.8) is 0 Å². The fourth-order valence-corrected chi connectivity index (χ4v) is 2.24. The molecule has 0 spiro atoms. The molecule has 4 heteroatoms. The number of fused-ring (bicyclic) bond motifs is 1. The molecule has 0 aliphatic heterocycles. The van der Waals surface area contributed by atoms with Gasteiger partial charge in [0.25, 0.3) is 0 Å². The predicted molar refractivity (Wildman–Crippen MR) is 69.8 cm³/mol. The van der Waals surface area contributed by atoms with Crippen LogP contribution in [0.25, 0.3) is 10.9 Å². The second kappa shape index (κ2) is 4.25. The molecule has 2 aromatic rings. The Kier molecular flexibility index (Phi) is 3.12. The number of halogens is 2. The van der Waals surface area contributed by atoms with Crippen LogP contribution in [-0.4, -0.2) is 10.1 Å². The summed E-state index contributed by atoms with van der Waals surface area (Å²) >= 11 is 2.08. The summed E-state index contributed by atoms with van der Waals surface area (Å²) in [6, 6.07) is 5.14. The standard InChI is InChI=1S/C12H11FINO/c1-6-3-11(7(2)16)15-12-9(6)4-8(14)5-10(12)13/h3-5,7,16H,1-2H3. The first kappa shape index (κ1) is 11.7. The molecule has 0 saturated heterocycles. The van der Waals surface area contributed by atoms with Gasteiger partial charge in [0.15, 0.2) is 0 Å². The third-order valence-corrected chi connectivity index (χ3v) is 3.11. The Labute approximate surface area is 107 Å². The number of aromatic nitrogens is 1. The van der Waals surface area contributed by atoms with E-state index in [0.717, 1.165) is 14.5 Å². The Bertz CT molecular complexity index is 554. The zero-order chi connectivity index (χ0) is 11.9. The second-order valence-electron chi connectivity index (χ2n) is 3.82. The van der Waals surface area contributed by atoms with E-state index in [1.54, 1.807) is 13.0 Å². The van der Waals surface area contributed by atoms with E-state index in [9.17, 15) is 9.50 Å². The molecule has 1 aromatic carbocycles. The average Bonchev–Trinajstić information content (AvgIpc) is 2.19. The molecule has 0 aliphatic carbocycles. The molecule has 0 aliphatic rings. The second-order valence-corrected chi connectivity index (χ2v) is 5.07. The van der Waals surface area contributed by atoms with Crippen LogP contribution in [0.15, 0.2) is 18.2 Å². The number of aryl methyl sites for hydroxylation is 1. The number of benzene rings is 1. The van der Waals surface area contributed by atoms with Gasteiger partial charge >= 0.3 is 0 Å². The molecule has 0 bridgehead atoms. The lowest BCUT2D eigenvalue weighted by Crippen LogP contribution is -1.99. The van der Waals surface area contributed by atoms with E-state index in [4.69, 9.17) is 0 Å². The van der Waals surface area contributed by atoms with Crippen LogP contribution < -0.4 is 0 Å². The van der Waals surface area contributed by atoms with E-state index in [1.807, 2.05) is 13.0 Å². The maximum Gasteiger partial charge on any atom is 0.150 e. The molecule has 84 valence electrons. The lowest BCUT2D eigenvalue weighted by molar-refractivity contribution is 0.194. The van der Waals surface area contributed by atoms with Crippen molar-refractivity contribution in [1.29, 1.82) is 0 Å². The molecule has 0 amide bonds. The topological polar surface area (TPSA) is 33.1 Å². The van der Waals surface area contributed by atoms with Gasteiger partial charge in [0.05, 0.1) is 11.8 Å². The van der Waals surface area contributed by atoms with Crippen molar-refractivity contribution in [2.45, 2.75) is 20.0 Å². The highest BCUT2D eigenvalue weighted by Gasteiger charge is 2.11. The van der Waals surface area contributed by atoms with Crippen LogP contribution in [0.3, 0.4) is 0 Å². The molecule has 2 nitrogen and oxygen atoms in total. The Morgan fingerprint density at radius 1 is 1.38 bits per heavy atom. The van der Waals surface area contributed by atoms with Gasteiger partial charge in [-0.15, -0.1) is 0 Å². The van der Waals surface area contributed by atoms with Crippen LogP contribution in [0.4, 0.5) is 4.39 Å². The first-order valence-corrected chi connectivity index (χ1v) is 6.01. The molecule has 1 unspecified atom stereocenters. The largest absolute Gasteiger partial charge is 0.387 e. The summed E-state index contributed by atoms with van der Waals surface area (Å²) in [6.07, 6.45) is -0.679. The molecular formula is C12H11FINO. The maximum absolute atomic E-state index is 13.7. The van der Waals surface area contributed by atoms with Crippen LogP contribution in [0.2, 0.25) is 0 Å². The fraction of sp³-hybridized carbons (Fsp3) is 0.250. The molecule has 0 radical (unpaired) electrons. The maximum atomic E-state index is 13.7. The van der Waals surface area contributed by atoms with E-state index in [2.05, 4.69) is 27.6 Å². The third-order valence-electron chi connectivity index (χ3n) is 2.49. The van der Waals surface area contributed by atoms with E-state index in [-0.39, 0.29) is 5.82 Å². The molecule has 1 N–H and O–H groups in total. The van der Waals surface area contributed by atoms with Gasteiger partial charge < -0.3 is 5.11 Å². The monoisotopic (exact) mass is 331 g/mol. The first-order valence-electron chi connectivity index (χ1n) is 4.93. The quantitative estimate of drug-likeness (QED) is 0.813. The predicted octanol–water partition coefficient (Wildman–Crippen LogP) is 3.34. The summed E-state index contributed by atoms with van der Waals surface area (Å²) in [7, 11) is 0. The SMILES string of the molecule is Cc1cc(C(C)O)nc2c(F)cc(I)cc12. The minimum absolute atomic E-state index is 0.330. The van der Waals surface area contributed by atoms with Crippen LogP contribution in [0, 0.1) is 16.3 Å². The highest BCUT2D eigenvalue weighted by molar-refractivity contribution is 14.1. The number of nitrogens with zero attached hydrogens (tertiary/aromatic N) is 1. The van der Waals surface area contributed by atoms with Gasteiger partial charge in [-0.1, -0.05) is 0 Å².